The Hall–Kier alpha value is -2.07. The average molecular weight is 301 g/mol. The highest BCUT2D eigenvalue weighted by Gasteiger charge is 2.08. The molecule has 0 saturated carbocycles. The van der Waals surface area contributed by atoms with Gasteiger partial charge in [0, 0.05) is 23.8 Å². The smallest absolute Gasteiger partial charge is 0.0951 e. The molecule has 1 N–H and O–H groups in total. The zero-order chi connectivity index (χ0) is 14.8. The first-order valence-electron chi connectivity index (χ1n) is 6.94. The van der Waals surface area contributed by atoms with Crippen LogP contribution in [0.25, 0.3) is 10.9 Å². The summed E-state index contributed by atoms with van der Waals surface area (Å²) in [5.74, 6) is 0. The third-order valence-corrected chi connectivity index (χ3v) is 3.81. The first-order chi connectivity index (χ1) is 10.2. The lowest BCUT2D eigenvalue weighted by Crippen LogP contribution is -2.09. The number of fused-ring (bicyclic) bond motifs is 1. The number of nitrogens with one attached hydrogen (secondary N) is 1. The zero-order valence-electron chi connectivity index (χ0n) is 12.0. The van der Waals surface area contributed by atoms with Crippen molar-refractivity contribution < 1.29 is 0 Å². The van der Waals surface area contributed by atoms with Gasteiger partial charge in [0.2, 0.25) is 0 Å². The normalized spacial score (nSPS) is 11.2. The molecule has 0 unspecified atom stereocenters. The maximum atomic E-state index is 6.21. The van der Waals surface area contributed by atoms with E-state index in [1.165, 1.54) is 0 Å². The van der Waals surface area contributed by atoms with E-state index in [1.807, 2.05) is 36.8 Å². The summed E-state index contributed by atoms with van der Waals surface area (Å²) in [5, 5.41) is 5.11. The van der Waals surface area contributed by atoms with Crippen molar-refractivity contribution >= 4 is 28.2 Å². The lowest BCUT2D eigenvalue weighted by atomic mass is 10.2. The van der Waals surface area contributed by atoms with Gasteiger partial charge in [-0.05, 0) is 38.1 Å². The first-order valence-corrected chi connectivity index (χ1v) is 7.32. The highest BCUT2D eigenvalue weighted by atomic mass is 35.5. The molecule has 0 aliphatic carbocycles. The highest BCUT2D eigenvalue weighted by Crippen LogP contribution is 2.28. The number of hydrogen-bond donors (Lipinski definition) is 1. The molecule has 0 radical (unpaired) electrons. The minimum absolute atomic E-state index is 0.393. The standard InChI is InChI=1S/C16H17ClN4/c1-11(2)21-10-18-8-12(21)9-20-15-6-5-14(17)13-4-3-7-19-16(13)15/h3-8,10-11,20H,9H2,1-2H3. The van der Waals surface area contributed by atoms with Crippen LogP contribution in [0.2, 0.25) is 5.02 Å². The van der Waals surface area contributed by atoms with E-state index >= 15 is 0 Å². The van der Waals surface area contributed by atoms with Crippen LogP contribution < -0.4 is 5.32 Å². The van der Waals surface area contributed by atoms with Gasteiger partial charge in [-0.25, -0.2) is 4.98 Å². The minimum atomic E-state index is 0.393. The van der Waals surface area contributed by atoms with Crippen molar-refractivity contribution in [3.63, 3.8) is 0 Å². The van der Waals surface area contributed by atoms with Gasteiger partial charge in [-0.3, -0.25) is 4.98 Å². The van der Waals surface area contributed by atoms with Crippen LogP contribution in [-0.4, -0.2) is 14.5 Å². The number of hydrogen-bond acceptors (Lipinski definition) is 3. The average Bonchev–Trinajstić information content (AvgIpc) is 2.96. The van der Waals surface area contributed by atoms with E-state index in [-0.39, 0.29) is 0 Å². The van der Waals surface area contributed by atoms with Crippen LogP contribution in [0, 0.1) is 0 Å². The summed E-state index contributed by atoms with van der Waals surface area (Å²) >= 11 is 6.21. The number of anilines is 1. The second-order valence-electron chi connectivity index (χ2n) is 5.23. The van der Waals surface area contributed by atoms with Gasteiger partial charge in [-0.1, -0.05) is 11.6 Å². The summed E-state index contributed by atoms with van der Waals surface area (Å²) in [4.78, 5) is 8.65. The Labute approximate surface area is 128 Å². The Morgan fingerprint density at radius 1 is 1.29 bits per heavy atom. The summed E-state index contributed by atoms with van der Waals surface area (Å²) in [6.45, 7) is 4.99. The Kier molecular flexibility index (Phi) is 3.80. The van der Waals surface area contributed by atoms with Crippen molar-refractivity contribution in [3.05, 3.63) is 53.7 Å². The van der Waals surface area contributed by atoms with Crippen molar-refractivity contribution in [2.45, 2.75) is 26.4 Å². The van der Waals surface area contributed by atoms with Crippen LogP contribution in [0.3, 0.4) is 0 Å². The molecule has 21 heavy (non-hydrogen) atoms. The predicted molar refractivity (Wildman–Crippen MR) is 86.7 cm³/mol. The van der Waals surface area contributed by atoms with Crippen LogP contribution in [-0.2, 0) is 6.54 Å². The van der Waals surface area contributed by atoms with Gasteiger partial charge in [0.25, 0.3) is 0 Å². The maximum Gasteiger partial charge on any atom is 0.0951 e. The van der Waals surface area contributed by atoms with E-state index < -0.39 is 0 Å². The number of rotatable bonds is 4. The van der Waals surface area contributed by atoms with E-state index in [4.69, 9.17) is 11.6 Å². The van der Waals surface area contributed by atoms with Gasteiger partial charge in [0.1, 0.15) is 0 Å². The van der Waals surface area contributed by atoms with Crippen LogP contribution in [0.15, 0.2) is 43.0 Å². The fourth-order valence-electron chi connectivity index (χ4n) is 2.40. The van der Waals surface area contributed by atoms with Crippen molar-refractivity contribution in [1.82, 2.24) is 14.5 Å². The molecule has 0 bridgehead atoms. The quantitative estimate of drug-likeness (QED) is 0.782. The molecule has 5 heteroatoms. The molecule has 0 saturated heterocycles. The molecule has 0 aliphatic heterocycles. The largest absolute Gasteiger partial charge is 0.378 e. The summed E-state index contributed by atoms with van der Waals surface area (Å²) in [5.41, 5.74) is 3.01. The molecule has 0 aliphatic rings. The Bertz CT molecular complexity index is 764. The number of pyridine rings is 1. The van der Waals surface area contributed by atoms with Crippen LogP contribution in [0.1, 0.15) is 25.6 Å². The molecule has 2 aromatic heterocycles. The molecular formula is C16H17ClN4. The maximum absolute atomic E-state index is 6.21. The van der Waals surface area contributed by atoms with Crippen molar-refractivity contribution in [2.75, 3.05) is 5.32 Å². The fourth-order valence-corrected chi connectivity index (χ4v) is 2.62. The third-order valence-electron chi connectivity index (χ3n) is 3.48. The molecule has 0 fully saturated rings. The first kappa shape index (κ1) is 13.9. The second kappa shape index (κ2) is 5.74. The van der Waals surface area contributed by atoms with Gasteiger partial charge in [0.15, 0.2) is 0 Å². The summed E-state index contributed by atoms with van der Waals surface area (Å²) < 4.78 is 2.15. The topological polar surface area (TPSA) is 42.7 Å². The molecule has 0 atom stereocenters. The predicted octanol–water partition coefficient (Wildman–Crippen LogP) is 4.28. The number of aromatic nitrogens is 3. The molecular weight excluding hydrogens is 284 g/mol. The van der Waals surface area contributed by atoms with Gasteiger partial charge >= 0.3 is 0 Å². The van der Waals surface area contributed by atoms with E-state index in [9.17, 15) is 0 Å². The molecule has 108 valence electrons. The van der Waals surface area contributed by atoms with Crippen LogP contribution >= 0.6 is 11.6 Å². The minimum Gasteiger partial charge on any atom is -0.378 e. The van der Waals surface area contributed by atoms with E-state index in [0.717, 1.165) is 27.3 Å². The van der Waals surface area contributed by atoms with Gasteiger partial charge in [0.05, 0.1) is 34.8 Å². The molecule has 1 aromatic carbocycles. The SMILES string of the molecule is CC(C)n1cncc1CNc1ccc(Cl)c2cccnc12. The van der Waals surface area contributed by atoms with Crippen molar-refractivity contribution in [2.24, 2.45) is 0 Å². The molecule has 3 rings (SSSR count). The molecule has 2 heterocycles. The fraction of sp³-hybridized carbons (Fsp3) is 0.250. The van der Waals surface area contributed by atoms with Crippen LogP contribution in [0.5, 0.6) is 0 Å². The molecule has 0 amide bonds. The lowest BCUT2D eigenvalue weighted by Gasteiger charge is -2.14. The van der Waals surface area contributed by atoms with Crippen LogP contribution in [0.4, 0.5) is 5.69 Å². The Balaban J connectivity index is 1.89. The molecule has 3 aromatic rings. The number of imidazole rings is 1. The second-order valence-corrected chi connectivity index (χ2v) is 5.64. The highest BCUT2D eigenvalue weighted by molar-refractivity contribution is 6.35. The van der Waals surface area contributed by atoms with Gasteiger partial charge < -0.3 is 9.88 Å². The van der Waals surface area contributed by atoms with E-state index in [0.29, 0.717) is 12.6 Å². The van der Waals surface area contributed by atoms with Gasteiger partial charge in [-0.2, -0.15) is 0 Å². The summed E-state index contributed by atoms with van der Waals surface area (Å²) in [6.07, 6.45) is 5.53. The van der Waals surface area contributed by atoms with E-state index in [1.54, 1.807) is 6.20 Å². The molecule has 0 spiro atoms. The van der Waals surface area contributed by atoms with Crippen molar-refractivity contribution in [3.8, 4) is 0 Å². The third kappa shape index (κ3) is 2.72. The summed E-state index contributed by atoms with van der Waals surface area (Å²) in [6, 6.07) is 8.13. The molecule has 4 nitrogen and oxygen atoms in total. The number of benzene rings is 1. The lowest BCUT2D eigenvalue weighted by molar-refractivity contribution is 0.577. The van der Waals surface area contributed by atoms with E-state index in [2.05, 4.69) is 33.7 Å². The zero-order valence-corrected chi connectivity index (χ0v) is 12.8. The monoisotopic (exact) mass is 300 g/mol. The number of halogens is 1. The van der Waals surface area contributed by atoms with Gasteiger partial charge in [-0.15, -0.1) is 0 Å². The summed E-state index contributed by atoms with van der Waals surface area (Å²) in [7, 11) is 0. The van der Waals surface area contributed by atoms with Crippen molar-refractivity contribution in [1.29, 1.82) is 0 Å². The number of nitrogens with zero attached hydrogens (tertiary/aromatic N) is 3. The Morgan fingerprint density at radius 3 is 2.95 bits per heavy atom. The Morgan fingerprint density at radius 2 is 2.14 bits per heavy atom.